The van der Waals surface area contributed by atoms with Gasteiger partial charge in [-0.1, -0.05) is 25.1 Å². The Morgan fingerprint density at radius 2 is 1.70 bits per heavy atom. The molecule has 0 aromatic heterocycles. The molecule has 1 fully saturated rings. The molecule has 1 heterocycles. The highest BCUT2D eigenvalue weighted by Gasteiger charge is 2.35. The fourth-order valence-electron chi connectivity index (χ4n) is 4.37. The summed E-state index contributed by atoms with van der Waals surface area (Å²) in [6.45, 7) is 4.18. The van der Waals surface area contributed by atoms with Gasteiger partial charge < -0.3 is 19.3 Å². The topological polar surface area (TPSA) is 42.0 Å². The standard InChI is InChI=1S/C25H31F3N2O3/c1-4-24(31)30(19-8-6-5-7-9-19)20-11-14-29(15-12-20)13-10-18-16-23(33-3)21(25(26,27)28)17-22(18)32-2/h5-9,16-17,20H,4,10-15H2,1-3H3. The van der Waals surface area contributed by atoms with Crippen molar-refractivity contribution in [2.75, 3.05) is 38.8 Å². The summed E-state index contributed by atoms with van der Waals surface area (Å²) < 4.78 is 50.1. The molecule has 0 aliphatic carbocycles. The first-order valence-electron chi connectivity index (χ1n) is 11.2. The molecule has 0 spiro atoms. The minimum absolute atomic E-state index is 0.112. The summed E-state index contributed by atoms with van der Waals surface area (Å²) in [5.74, 6) is 0.122. The van der Waals surface area contributed by atoms with E-state index in [9.17, 15) is 18.0 Å². The number of likely N-dealkylation sites (tertiary alicyclic amines) is 1. The van der Waals surface area contributed by atoms with Crippen molar-refractivity contribution in [3.05, 3.63) is 53.6 Å². The number of halogens is 3. The Bertz CT molecular complexity index is 926. The van der Waals surface area contributed by atoms with Gasteiger partial charge in [0, 0.05) is 37.8 Å². The van der Waals surface area contributed by atoms with E-state index in [1.54, 1.807) is 0 Å². The number of benzene rings is 2. The van der Waals surface area contributed by atoms with E-state index in [4.69, 9.17) is 9.47 Å². The Morgan fingerprint density at radius 1 is 1.06 bits per heavy atom. The van der Waals surface area contributed by atoms with Gasteiger partial charge in [-0.25, -0.2) is 0 Å². The highest BCUT2D eigenvalue weighted by atomic mass is 19.4. The molecule has 1 aliphatic rings. The molecule has 0 radical (unpaired) electrons. The van der Waals surface area contributed by atoms with Crippen LogP contribution in [0.1, 0.15) is 37.3 Å². The Balaban J connectivity index is 1.65. The zero-order valence-corrected chi connectivity index (χ0v) is 19.3. The van der Waals surface area contributed by atoms with E-state index >= 15 is 0 Å². The normalized spacial score (nSPS) is 15.3. The van der Waals surface area contributed by atoms with Crippen LogP contribution in [0.25, 0.3) is 0 Å². The average molecular weight is 465 g/mol. The Hall–Kier alpha value is -2.74. The number of anilines is 1. The summed E-state index contributed by atoms with van der Waals surface area (Å²) in [6.07, 6.45) is -1.84. The molecule has 1 aliphatic heterocycles. The molecule has 0 unspecified atom stereocenters. The van der Waals surface area contributed by atoms with Gasteiger partial charge in [-0.3, -0.25) is 4.79 Å². The Morgan fingerprint density at radius 3 is 2.24 bits per heavy atom. The van der Waals surface area contributed by atoms with E-state index in [-0.39, 0.29) is 23.4 Å². The second kappa shape index (κ2) is 10.9. The second-order valence-electron chi connectivity index (χ2n) is 8.14. The lowest BCUT2D eigenvalue weighted by Crippen LogP contribution is -2.47. The van der Waals surface area contributed by atoms with Crippen molar-refractivity contribution >= 4 is 11.6 Å². The van der Waals surface area contributed by atoms with Gasteiger partial charge in [0.05, 0.1) is 14.2 Å². The molecule has 0 N–H and O–H groups in total. The molecule has 2 aromatic carbocycles. The smallest absolute Gasteiger partial charge is 0.420 e. The molecule has 1 amide bonds. The van der Waals surface area contributed by atoms with Crippen molar-refractivity contribution in [3.63, 3.8) is 0 Å². The number of hydrogen-bond donors (Lipinski definition) is 0. The molecule has 33 heavy (non-hydrogen) atoms. The predicted octanol–water partition coefficient (Wildman–Crippen LogP) is 5.17. The molecule has 3 rings (SSSR count). The van der Waals surface area contributed by atoms with Crippen molar-refractivity contribution in [2.45, 2.75) is 44.8 Å². The van der Waals surface area contributed by atoms with E-state index < -0.39 is 11.7 Å². The van der Waals surface area contributed by atoms with Gasteiger partial charge in [0.2, 0.25) is 5.91 Å². The SMILES string of the molecule is CCC(=O)N(c1ccccc1)C1CCN(CCc2cc(OC)c(C(F)(F)F)cc2OC)CC1. The number of carbonyl (C=O) groups is 1. The zero-order valence-electron chi connectivity index (χ0n) is 19.3. The number of hydrogen-bond acceptors (Lipinski definition) is 4. The zero-order chi connectivity index (χ0) is 24.0. The van der Waals surface area contributed by atoms with Crippen LogP contribution in [0.4, 0.5) is 18.9 Å². The summed E-state index contributed by atoms with van der Waals surface area (Å²) in [5.41, 5.74) is 0.758. The van der Waals surface area contributed by atoms with Crippen LogP contribution in [0.3, 0.4) is 0 Å². The molecule has 1 saturated heterocycles. The van der Waals surface area contributed by atoms with Gasteiger partial charge in [-0.2, -0.15) is 13.2 Å². The van der Waals surface area contributed by atoms with Crippen LogP contribution in [0.2, 0.25) is 0 Å². The summed E-state index contributed by atoms with van der Waals surface area (Å²) in [5, 5.41) is 0. The van der Waals surface area contributed by atoms with Gasteiger partial charge in [0.25, 0.3) is 0 Å². The van der Waals surface area contributed by atoms with Gasteiger partial charge >= 0.3 is 6.18 Å². The highest BCUT2D eigenvalue weighted by Crippen LogP contribution is 2.40. The first kappa shape index (κ1) is 24.9. The van der Waals surface area contributed by atoms with Crippen LogP contribution >= 0.6 is 0 Å². The monoisotopic (exact) mass is 464 g/mol. The number of rotatable bonds is 8. The van der Waals surface area contributed by atoms with E-state index in [2.05, 4.69) is 4.90 Å². The third-order valence-corrected chi connectivity index (χ3v) is 6.13. The van der Waals surface area contributed by atoms with Gasteiger partial charge in [0.15, 0.2) is 0 Å². The minimum Gasteiger partial charge on any atom is -0.496 e. The Labute approximate surface area is 193 Å². The van der Waals surface area contributed by atoms with Crippen molar-refractivity contribution in [1.29, 1.82) is 0 Å². The molecular weight excluding hydrogens is 433 g/mol. The third kappa shape index (κ3) is 5.99. The van der Waals surface area contributed by atoms with Crippen LogP contribution in [0.15, 0.2) is 42.5 Å². The van der Waals surface area contributed by atoms with Crippen molar-refractivity contribution < 1.29 is 27.4 Å². The lowest BCUT2D eigenvalue weighted by molar-refractivity contribution is -0.138. The summed E-state index contributed by atoms with van der Waals surface area (Å²) in [7, 11) is 2.61. The van der Waals surface area contributed by atoms with Crippen LogP contribution in [0.5, 0.6) is 11.5 Å². The number of alkyl halides is 3. The maximum atomic E-state index is 13.3. The lowest BCUT2D eigenvalue weighted by atomic mass is 10.0. The number of carbonyl (C=O) groups excluding carboxylic acids is 1. The third-order valence-electron chi connectivity index (χ3n) is 6.13. The minimum atomic E-state index is -4.51. The fraction of sp³-hybridized carbons (Fsp3) is 0.480. The number of ether oxygens (including phenoxy) is 2. The molecule has 180 valence electrons. The number of para-hydroxylation sites is 1. The average Bonchev–Trinajstić information content (AvgIpc) is 2.83. The van der Waals surface area contributed by atoms with Crippen LogP contribution in [-0.4, -0.2) is 50.7 Å². The second-order valence-corrected chi connectivity index (χ2v) is 8.14. The van der Waals surface area contributed by atoms with Crippen molar-refractivity contribution in [2.24, 2.45) is 0 Å². The van der Waals surface area contributed by atoms with E-state index in [0.717, 1.165) is 37.7 Å². The van der Waals surface area contributed by atoms with Crippen molar-refractivity contribution in [3.8, 4) is 11.5 Å². The maximum absolute atomic E-state index is 13.3. The summed E-state index contributed by atoms with van der Waals surface area (Å²) >= 11 is 0. The molecule has 0 atom stereocenters. The molecule has 0 bridgehead atoms. The number of methoxy groups -OCH3 is 2. The van der Waals surface area contributed by atoms with E-state index in [1.165, 1.54) is 20.3 Å². The number of piperidine rings is 1. The quantitative estimate of drug-likeness (QED) is 0.540. The summed E-state index contributed by atoms with van der Waals surface area (Å²) in [6, 6.07) is 12.3. The lowest BCUT2D eigenvalue weighted by Gasteiger charge is -2.38. The predicted molar refractivity (Wildman–Crippen MR) is 122 cm³/mol. The number of nitrogens with zero attached hydrogens (tertiary/aromatic N) is 2. The first-order chi connectivity index (χ1) is 15.8. The number of amides is 1. The van der Waals surface area contributed by atoms with Crippen LogP contribution < -0.4 is 14.4 Å². The molecule has 8 heteroatoms. The Kier molecular flexibility index (Phi) is 8.24. The maximum Gasteiger partial charge on any atom is 0.420 e. The largest absolute Gasteiger partial charge is 0.496 e. The van der Waals surface area contributed by atoms with Crippen LogP contribution in [-0.2, 0) is 17.4 Å². The van der Waals surface area contributed by atoms with Gasteiger partial charge in [-0.05, 0) is 49.1 Å². The molecule has 0 saturated carbocycles. The van der Waals surface area contributed by atoms with Gasteiger partial charge in [-0.15, -0.1) is 0 Å². The van der Waals surface area contributed by atoms with E-state index in [0.29, 0.717) is 24.9 Å². The fourth-order valence-corrected chi connectivity index (χ4v) is 4.37. The van der Waals surface area contributed by atoms with Crippen LogP contribution in [0, 0.1) is 0 Å². The molecule has 2 aromatic rings. The van der Waals surface area contributed by atoms with Gasteiger partial charge in [0.1, 0.15) is 17.1 Å². The highest BCUT2D eigenvalue weighted by molar-refractivity contribution is 5.93. The van der Waals surface area contributed by atoms with E-state index in [1.807, 2.05) is 42.2 Å². The summed E-state index contributed by atoms with van der Waals surface area (Å²) in [4.78, 5) is 16.8. The first-order valence-corrected chi connectivity index (χ1v) is 11.2. The molecule has 5 nitrogen and oxygen atoms in total. The molecular formula is C25H31F3N2O3. The van der Waals surface area contributed by atoms with Crippen molar-refractivity contribution in [1.82, 2.24) is 4.90 Å².